The molecule has 110 valence electrons. The zero-order chi connectivity index (χ0) is 15.1. The quantitative estimate of drug-likeness (QED) is 0.823. The van der Waals surface area contributed by atoms with Crippen LogP contribution in [0.3, 0.4) is 0 Å². The number of carbonyl (C=O) groups is 1. The fourth-order valence-corrected chi connectivity index (χ4v) is 1.91. The van der Waals surface area contributed by atoms with Crippen molar-refractivity contribution in [2.45, 2.75) is 26.3 Å². The van der Waals surface area contributed by atoms with Crippen LogP contribution in [0.25, 0.3) is 0 Å². The summed E-state index contributed by atoms with van der Waals surface area (Å²) in [4.78, 5) is 23.8. The number of nitrogens with zero attached hydrogens (tertiary/aromatic N) is 2. The fraction of sp³-hybridized carbons (Fsp3) is 0.312. The molecule has 0 saturated heterocycles. The summed E-state index contributed by atoms with van der Waals surface area (Å²) in [6.45, 7) is 3.04. The standard InChI is InChI=1S/C16H19N3O2/c1-2-3-11-17-16(21)14-9-10-15(20)19(18-14)12-13-7-5-4-6-8-13/h4-10H,2-3,11-12H2,1H3,(H,17,21). The molecule has 0 aliphatic heterocycles. The highest BCUT2D eigenvalue weighted by atomic mass is 16.2. The van der Waals surface area contributed by atoms with Crippen LogP contribution in [-0.4, -0.2) is 22.2 Å². The Bertz CT molecular complexity index is 650. The van der Waals surface area contributed by atoms with Gasteiger partial charge in [-0.25, -0.2) is 4.68 Å². The molecule has 0 atom stereocenters. The van der Waals surface area contributed by atoms with Gasteiger partial charge in [0.05, 0.1) is 6.54 Å². The first kappa shape index (κ1) is 15.0. The van der Waals surface area contributed by atoms with Crippen molar-refractivity contribution in [2.75, 3.05) is 6.54 Å². The average molecular weight is 285 g/mol. The van der Waals surface area contributed by atoms with Crippen LogP contribution in [0, 0.1) is 0 Å². The van der Waals surface area contributed by atoms with Crippen molar-refractivity contribution in [3.8, 4) is 0 Å². The Kier molecular flexibility index (Phi) is 5.26. The second kappa shape index (κ2) is 7.38. The molecule has 0 aliphatic rings. The molecule has 0 saturated carbocycles. The third kappa shape index (κ3) is 4.27. The normalized spacial score (nSPS) is 10.3. The Morgan fingerprint density at radius 2 is 1.95 bits per heavy atom. The maximum Gasteiger partial charge on any atom is 0.271 e. The minimum absolute atomic E-state index is 0.219. The van der Waals surface area contributed by atoms with E-state index in [0.717, 1.165) is 18.4 Å². The predicted molar refractivity (Wildman–Crippen MR) is 81.3 cm³/mol. The molecule has 2 aromatic rings. The Morgan fingerprint density at radius 1 is 1.19 bits per heavy atom. The topological polar surface area (TPSA) is 64.0 Å². The maximum absolute atomic E-state index is 11.9. The molecule has 0 bridgehead atoms. The van der Waals surface area contributed by atoms with Crippen molar-refractivity contribution < 1.29 is 4.79 Å². The van der Waals surface area contributed by atoms with Crippen LogP contribution in [0.2, 0.25) is 0 Å². The zero-order valence-electron chi connectivity index (χ0n) is 12.1. The molecule has 5 heteroatoms. The number of amides is 1. The van der Waals surface area contributed by atoms with Gasteiger partial charge in [0.2, 0.25) is 0 Å². The molecule has 0 fully saturated rings. The van der Waals surface area contributed by atoms with E-state index in [1.807, 2.05) is 30.3 Å². The van der Waals surface area contributed by atoms with E-state index in [2.05, 4.69) is 17.3 Å². The first-order valence-electron chi connectivity index (χ1n) is 7.11. The summed E-state index contributed by atoms with van der Waals surface area (Å²) in [6.07, 6.45) is 1.94. The van der Waals surface area contributed by atoms with E-state index in [9.17, 15) is 9.59 Å². The molecule has 1 N–H and O–H groups in total. The lowest BCUT2D eigenvalue weighted by Gasteiger charge is -2.07. The summed E-state index contributed by atoms with van der Waals surface area (Å²) in [5.74, 6) is -0.245. The van der Waals surface area contributed by atoms with E-state index >= 15 is 0 Å². The van der Waals surface area contributed by atoms with Crippen LogP contribution in [0.15, 0.2) is 47.3 Å². The maximum atomic E-state index is 11.9. The molecule has 0 unspecified atom stereocenters. The van der Waals surface area contributed by atoms with Gasteiger partial charge in [-0.15, -0.1) is 0 Å². The number of hydrogen-bond donors (Lipinski definition) is 1. The Hall–Kier alpha value is -2.43. The molecule has 1 amide bonds. The number of carbonyl (C=O) groups excluding carboxylic acids is 1. The summed E-state index contributed by atoms with van der Waals surface area (Å²) in [5, 5.41) is 6.93. The van der Waals surface area contributed by atoms with E-state index in [1.165, 1.54) is 16.8 Å². The number of aromatic nitrogens is 2. The molecule has 5 nitrogen and oxygen atoms in total. The van der Waals surface area contributed by atoms with Crippen molar-refractivity contribution in [3.05, 3.63) is 64.1 Å². The lowest BCUT2D eigenvalue weighted by atomic mass is 10.2. The summed E-state index contributed by atoms with van der Waals surface area (Å²) in [5.41, 5.74) is 1.02. The van der Waals surface area contributed by atoms with E-state index < -0.39 is 0 Å². The van der Waals surface area contributed by atoms with Crippen molar-refractivity contribution in [3.63, 3.8) is 0 Å². The van der Waals surface area contributed by atoms with Crippen LogP contribution < -0.4 is 10.9 Å². The van der Waals surface area contributed by atoms with E-state index in [4.69, 9.17) is 0 Å². The monoisotopic (exact) mass is 285 g/mol. The van der Waals surface area contributed by atoms with Crippen LogP contribution in [0.4, 0.5) is 0 Å². The second-order valence-corrected chi connectivity index (χ2v) is 4.81. The SMILES string of the molecule is CCCCNC(=O)c1ccc(=O)n(Cc2ccccc2)n1. The van der Waals surface area contributed by atoms with Gasteiger partial charge in [-0.3, -0.25) is 9.59 Å². The molecule has 1 aromatic heterocycles. The van der Waals surface area contributed by atoms with Gasteiger partial charge in [0.25, 0.3) is 11.5 Å². The summed E-state index contributed by atoms with van der Waals surface area (Å²) in [7, 11) is 0. The molecule has 0 aliphatic carbocycles. The van der Waals surface area contributed by atoms with Gasteiger partial charge in [0, 0.05) is 12.6 Å². The van der Waals surface area contributed by atoms with Crippen molar-refractivity contribution in [2.24, 2.45) is 0 Å². The number of rotatable bonds is 6. The van der Waals surface area contributed by atoms with E-state index in [1.54, 1.807) is 0 Å². The molecule has 0 spiro atoms. The summed E-state index contributed by atoms with van der Waals surface area (Å²) >= 11 is 0. The second-order valence-electron chi connectivity index (χ2n) is 4.81. The highest BCUT2D eigenvalue weighted by molar-refractivity contribution is 5.91. The molecular weight excluding hydrogens is 266 g/mol. The molecular formula is C16H19N3O2. The third-order valence-corrected chi connectivity index (χ3v) is 3.09. The lowest BCUT2D eigenvalue weighted by molar-refractivity contribution is 0.0945. The minimum atomic E-state index is -0.245. The van der Waals surface area contributed by atoms with Crippen molar-refractivity contribution in [1.29, 1.82) is 0 Å². The van der Waals surface area contributed by atoms with Gasteiger partial charge in [-0.05, 0) is 18.1 Å². The van der Waals surface area contributed by atoms with Crippen molar-refractivity contribution in [1.82, 2.24) is 15.1 Å². The van der Waals surface area contributed by atoms with Crippen LogP contribution in [0.1, 0.15) is 35.8 Å². The van der Waals surface area contributed by atoms with Crippen LogP contribution in [0.5, 0.6) is 0 Å². The molecule has 1 heterocycles. The smallest absolute Gasteiger partial charge is 0.271 e. The third-order valence-electron chi connectivity index (χ3n) is 3.09. The Morgan fingerprint density at radius 3 is 2.67 bits per heavy atom. The molecule has 2 rings (SSSR count). The van der Waals surface area contributed by atoms with Gasteiger partial charge in [0.1, 0.15) is 5.69 Å². The van der Waals surface area contributed by atoms with Crippen LogP contribution >= 0.6 is 0 Å². The average Bonchev–Trinajstić information content (AvgIpc) is 2.50. The first-order chi connectivity index (χ1) is 10.2. The molecule has 1 aromatic carbocycles. The van der Waals surface area contributed by atoms with Crippen LogP contribution in [-0.2, 0) is 6.54 Å². The van der Waals surface area contributed by atoms with Gasteiger partial charge in [0.15, 0.2) is 0 Å². The summed E-state index contributed by atoms with van der Waals surface area (Å²) < 4.78 is 1.31. The van der Waals surface area contributed by atoms with E-state index in [-0.39, 0.29) is 17.2 Å². The van der Waals surface area contributed by atoms with Crippen molar-refractivity contribution >= 4 is 5.91 Å². The number of hydrogen-bond acceptors (Lipinski definition) is 3. The van der Waals surface area contributed by atoms with Gasteiger partial charge in [-0.1, -0.05) is 43.7 Å². The Labute approximate surface area is 123 Å². The van der Waals surface area contributed by atoms with E-state index in [0.29, 0.717) is 13.1 Å². The fourth-order valence-electron chi connectivity index (χ4n) is 1.91. The number of nitrogens with one attached hydrogen (secondary N) is 1. The minimum Gasteiger partial charge on any atom is -0.351 e. The largest absolute Gasteiger partial charge is 0.351 e. The lowest BCUT2D eigenvalue weighted by Crippen LogP contribution is -2.30. The van der Waals surface area contributed by atoms with Gasteiger partial charge in [-0.2, -0.15) is 5.10 Å². The first-order valence-corrected chi connectivity index (χ1v) is 7.11. The molecule has 21 heavy (non-hydrogen) atoms. The number of unbranched alkanes of at least 4 members (excludes halogenated alkanes) is 1. The number of benzene rings is 1. The molecule has 0 radical (unpaired) electrons. The predicted octanol–water partition coefficient (Wildman–Crippen LogP) is 1.82. The zero-order valence-corrected chi connectivity index (χ0v) is 12.1. The highest BCUT2D eigenvalue weighted by Gasteiger charge is 2.09. The van der Waals surface area contributed by atoms with Gasteiger partial charge >= 0.3 is 0 Å². The van der Waals surface area contributed by atoms with Gasteiger partial charge < -0.3 is 5.32 Å². The Balaban J connectivity index is 2.13. The highest BCUT2D eigenvalue weighted by Crippen LogP contribution is 2.00. The summed E-state index contributed by atoms with van der Waals surface area (Å²) in [6, 6.07) is 12.4.